The minimum absolute atomic E-state index is 0.0723. The number of methoxy groups -OCH3 is 6. The highest BCUT2D eigenvalue weighted by molar-refractivity contribution is 6.15. The van der Waals surface area contributed by atoms with Gasteiger partial charge in [0, 0.05) is 0 Å². The van der Waals surface area contributed by atoms with Gasteiger partial charge in [0.1, 0.15) is 0 Å². The van der Waals surface area contributed by atoms with Gasteiger partial charge in [0.15, 0.2) is 23.0 Å². The fourth-order valence-electron chi connectivity index (χ4n) is 4.40. The molecule has 0 saturated heterocycles. The van der Waals surface area contributed by atoms with Crippen LogP contribution in [-0.2, 0) is 0 Å². The first-order valence-electron chi connectivity index (χ1n) is 13.1. The maximum Gasteiger partial charge on any atom is 0.343 e. The lowest BCUT2D eigenvalue weighted by Gasteiger charge is -2.21. The molecule has 4 aromatic rings. The highest BCUT2D eigenvalue weighted by atomic mass is 16.6. The molecule has 0 bridgehead atoms. The molecule has 0 fully saturated rings. The number of rotatable bonds is 12. The highest BCUT2D eigenvalue weighted by Crippen LogP contribution is 2.51. The average Bonchev–Trinajstić information content (AvgIpc) is 3.07. The Bertz CT molecular complexity index is 1540. The molecule has 4 aromatic carbocycles. The monoisotopic (exact) mass is 602 g/mol. The molecule has 11 nitrogen and oxygen atoms in total. The maximum absolute atomic E-state index is 14.5. The summed E-state index contributed by atoms with van der Waals surface area (Å²) in [6.07, 6.45) is 0. The van der Waals surface area contributed by atoms with Gasteiger partial charge >= 0.3 is 11.9 Å². The van der Waals surface area contributed by atoms with Crippen LogP contribution in [0.4, 0.5) is 0 Å². The number of carbonyl (C=O) groups excluding carboxylic acids is 3. The standard InChI is InChI=1S/C33H30O11/c1-37-23-17-21(26(30(41-5)28(23)39-3)43-32(35)19-13-9-7-10-14-19)25(34)22-18-24(38-2)29(40-4)31(42-6)27(22)44-33(36)20-15-11-8-12-16-20/h7-18H,1-6H3. The van der Waals surface area contributed by atoms with E-state index in [1.807, 2.05) is 0 Å². The van der Waals surface area contributed by atoms with Crippen molar-refractivity contribution < 1.29 is 52.3 Å². The second kappa shape index (κ2) is 14.0. The van der Waals surface area contributed by atoms with Gasteiger partial charge in [0.25, 0.3) is 0 Å². The SMILES string of the molecule is COc1cc(C(=O)c2cc(OC)c(OC)c(OC)c2OC(=O)c2ccccc2)c(OC(=O)c2ccccc2)c(OC)c1OC. The molecule has 0 aliphatic rings. The van der Waals surface area contributed by atoms with E-state index in [-0.39, 0.29) is 68.2 Å². The third kappa shape index (κ3) is 6.07. The zero-order chi connectivity index (χ0) is 31.8. The van der Waals surface area contributed by atoms with Gasteiger partial charge in [-0.15, -0.1) is 0 Å². The maximum atomic E-state index is 14.5. The summed E-state index contributed by atoms with van der Waals surface area (Å²) in [5.41, 5.74) is 0.0612. The molecule has 0 amide bonds. The zero-order valence-corrected chi connectivity index (χ0v) is 24.9. The lowest BCUT2D eigenvalue weighted by molar-refractivity contribution is 0.0720. The van der Waals surface area contributed by atoms with Crippen LogP contribution in [-0.4, -0.2) is 60.4 Å². The molecule has 0 radical (unpaired) electrons. The normalized spacial score (nSPS) is 10.3. The summed E-state index contributed by atoms with van der Waals surface area (Å²) in [5, 5.41) is 0. The molecule has 0 aliphatic carbocycles. The third-order valence-electron chi connectivity index (χ3n) is 6.47. The Labute approximate surface area is 253 Å². The molecule has 44 heavy (non-hydrogen) atoms. The summed E-state index contributed by atoms with van der Waals surface area (Å²) in [5.74, 6) is -2.68. The third-order valence-corrected chi connectivity index (χ3v) is 6.47. The van der Waals surface area contributed by atoms with Crippen LogP contribution >= 0.6 is 0 Å². The van der Waals surface area contributed by atoms with Gasteiger partial charge in [0.2, 0.25) is 28.8 Å². The van der Waals surface area contributed by atoms with E-state index in [0.29, 0.717) is 0 Å². The molecular formula is C33H30O11. The number of hydrogen-bond acceptors (Lipinski definition) is 11. The summed E-state index contributed by atoms with van der Waals surface area (Å²) in [4.78, 5) is 40.9. The van der Waals surface area contributed by atoms with Crippen LogP contribution in [0.3, 0.4) is 0 Å². The van der Waals surface area contributed by atoms with Crippen molar-refractivity contribution in [1.29, 1.82) is 0 Å². The second-order valence-corrected chi connectivity index (χ2v) is 8.88. The zero-order valence-electron chi connectivity index (χ0n) is 24.9. The summed E-state index contributed by atoms with van der Waals surface area (Å²) in [7, 11) is 8.10. The average molecular weight is 603 g/mol. The van der Waals surface area contributed by atoms with Gasteiger partial charge in [-0.25, -0.2) is 9.59 Å². The lowest BCUT2D eigenvalue weighted by Crippen LogP contribution is -2.16. The van der Waals surface area contributed by atoms with Crippen molar-refractivity contribution in [1.82, 2.24) is 0 Å². The highest BCUT2D eigenvalue weighted by Gasteiger charge is 2.33. The molecule has 11 heteroatoms. The quantitative estimate of drug-likeness (QED) is 0.117. The molecule has 0 spiro atoms. The molecule has 0 aliphatic heterocycles. The van der Waals surface area contributed by atoms with Crippen molar-refractivity contribution in [2.45, 2.75) is 0 Å². The van der Waals surface area contributed by atoms with E-state index in [1.165, 1.54) is 54.8 Å². The minimum atomic E-state index is -0.772. The Balaban J connectivity index is 1.98. The number of carbonyl (C=O) groups is 3. The number of benzene rings is 4. The first-order valence-corrected chi connectivity index (χ1v) is 13.1. The summed E-state index contributed by atoms with van der Waals surface area (Å²) in [6.45, 7) is 0. The van der Waals surface area contributed by atoms with E-state index in [2.05, 4.69) is 0 Å². The van der Waals surface area contributed by atoms with Crippen LogP contribution in [0.5, 0.6) is 46.0 Å². The van der Waals surface area contributed by atoms with E-state index in [9.17, 15) is 14.4 Å². The van der Waals surface area contributed by atoms with Gasteiger partial charge in [0.05, 0.1) is 64.9 Å². The predicted octanol–water partition coefficient (Wildman–Crippen LogP) is 5.41. The van der Waals surface area contributed by atoms with E-state index < -0.39 is 17.7 Å². The number of ether oxygens (including phenoxy) is 8. The van der Waals surface area contributed by atoms with Crippen molar-refractivity contribution in [3.63, 3.8) is 0 Å². The summed E-state index contributed by atoms with van der Waals surface area (Å²) < 4.78 is 44.6. The molecule has 0 atom stereocenters. The smallest absolute Gasteiger partial charge is 0.343 e. The number of hydrogen-bond donors (Lipinski definition) is 0. The van der Waals surface area contributed by atoms with E-state index in [0.717, 1.165) is 0 Å². The molecule has 0 aromatic heterocycles. The Morgan fingerprint density at radius 1 is 0.432 bits per heavy atom. The lowest BCUT2D eigenvalue weighted by atomic mass is 9.98. The van der Waals surface area contributed by atoms with Crippen LogP contribution in [0.15, 0.2) is 72.8 Å². The van der Waals surface area contributed by atoms with E-state index >= 15 is 0 Å². The van der Waals surface area contributed by atoms with Crippen LogP contribution in [0.25, 0.3) is 0 Å². The van der Waals surface area contributed by atoms with Crippen molar-refractivity contribution in [2.24, 2.45) is 0 Å². The fourth-order valence-corrected chi connectivity index (χ4v) is 4.40. The molecule has 0 unspecified atom stereocenters. The van der Waals surface area contributed by atoms with Gasteiger partial charge < -0.3 is 37.9 Å². The van der Waals surface area contributed by atoms with Crippen molar-refractivity contribution in [2.75, 3.05) is 42.7 Å². The Hall–Kier alpha value is -5.71. The molecular weight excluding hydrogens is 572 g/mol. The van der Waals surface area contributed by atoms with Gasteiger partial charge in [-0.1, -0.05) is 36.4 Å². The van der Waals surface area contributed by atoms with Gasteiger partial charge in [-0.2, -0.15) is 0 Å². The topological polar surface area (TPSA) is 125 Å². The van der Waals surface area contributed by atoms with Crippen LogP contribution in [0.1, 0.15) is 36.6 Å². The minimum Gasteiger partial charge on any atom is -0.493 e. The fraction of sp³-hybridized carbons (Fsp3) is 0.182. The largest absolute Gasteiger partial charge is 0.493 e. The van der Waals surface area contributed by atoms with Crippen LogP contribution in [0, 0.1) is 0 Å². The van der Waals surface area contributed by atoms with E-state index in [4.69, 9.17) is 37.9 Å². The van der Waals surface area contributed by atoms with Crippen LogP contribution < -0.4 is 37.9 Å². The Kier molecular flexibility index (Phi) is 9.92. The first kappa shape index (κ1) is 31.2. The molecule has 0 N–H and O–H groups in total. The predicted molar refractivity (Wildman–Crippen MR) is 158 cm³/mol. The van der Waals surface area contributed by atoms with Gasteiger partial charge in [-0.3, -0.25) is 4.79 Å². The number of esters is 2. The molecule has 228 valence electrons. The van der Waals surface area contributed by atoms with Crippen LogP contribution in [0.2, 0.25) is 0 Å². The number of ketones is 1. The Morgan fingerprint density at radius 3 is 1.07 bits per heavy atom. The van der Waals surface area contributed by atoms with Crippen molar-refractivity contribution in [3.05, 3.63) is 95.1 Å². The second-order valence-electron chi connectivity index (χ2n) is 8.88. The molecule has 0 saturated carbocycles. The van der Waals surface area contributed by atoms with Gasteiger partial charge in [-0.05, 0) is 36.4 Å². The molecule has 0 heterocycles. The summed E-state index contributed by atoms with van der Waals surface area (Å²) >= 11 is 0. The summed E-state index contributed by atoms with van der Waals surface area (Å²) in [6, 6.07) is 19.0. The van der Waals surface area contributed by atoms with Crippen molar-refractivity contribution >= 4 is 17.7 Å². The molecule has 4 rings (SSSR count). The van der Waals surface area contributed by atoms with E-state index in [1.54, 1.807) is 60.7 Å². The Morgan fingerprint density at radius 2 is 0.773 bits per heavy atom. The first-order chi connectivity index (χ1) is 21.3. The van der Waals surface area contributed by atoms with Crippen molar-refractivity contribution in [3.8, 4) is 46.0 Å².